The molecule has 0 bridgehead atoms. The quantitative estimate of drug-likeness (QED) is 0.646. The number of halogens is 3. The van der Waals surface area contributed by atoms with Gasteiger partial charge in [0.15, 0.2) is 0 Å². The van der Waals surface area contributed by atoms with E-state index >= 15 is 0 Å². The topological polar surface area (TPSA) is 12.0 Å². The maximum atomic E-state index is 12.3. The van der Waals surface area contributed by atoms with Gasteiger partial charge in [-0.1, -0.05) is 20.8 Å². The number of hydrogen-bond acceptors (Lipinski definition) is 1. The lowest BCUT2D eigenvalue weighted by Gasteiger charge is -2.38. The van der Waals surface area contributed by atoms with Crippen LogP contribution in [0.25, 0.3) is 0 Å². The predicted octanol–water partition coefficient (Wildman–Crippen LogP) is 2.96. The van der Waals surface area contributed by atoms with E-state index in [1.807, 2.05) is 0 Å². The van der Waals surface area contributed by atoms with Crippen LogP contribution in [0.5, 0.6) is 0 Å². The largest absolute Gasteiger partial charge is 0.403 e. The fourth-order valence-electron chi connectivity index (χ4n) is 1.88. The minimum atomic E-state index is -4.08. The Labute approximate surface area is 83.1 Å². The number of piperidine rings is 1. The summed E-state index contributed by atoms with van der Waals surface area (Å²) in [6.45, 7) is 6.71. The Morgan fingerprint density at radius 1 is 1.07 bits per heavy atom. The van der Waals surface area contributed by atoms with Gasteiger partial charge in [0.1, 0.15) is 6.04 Å². The molecule has 0 radical (unpaired) electrons. The minimum Gasteiger partial charge on any atom is -0.306 e. The monoisotopic (exact) mass is 209 g/mol. The van der Waals surface area contributed by atoms with E-state index in [2.05, 4.69) is 26.1 Å². The van der Waals surface area contributed by atoms with Crippen molar-refractivity contribution in [1.82, 2.24) is 5.32 Å². The number of rotatable bonds is 0. The molecule has 84 valence electrons. The molecule has 0 amide bonds. The third-order valence-electron chi connectivity index (χ3n) is 3.03. The number of nitrogens with one attached hydrogen (secondary N) is 1. The van der Waals surface area contributed by atoms with Crippen LogP contribution >= 0.6 is 0 Å². The third kappa shape index (κ3) is 2.87. The Morgan fingerprint density at radius 2 is 1.64 bits per heavy atom. The molecular formula is C10H18F3N. The Hall–Kier alpha value is -0.250. The Kier molecular flexibility index (Phi) is 3.14. The molecule has 1 aliphatic heterocycles. The van der Waals surface area contributed by atoms with Crippen molar-refractivity contribution in [2.75, 3.05) is 6.54 Å². The average molecular weight is 209 g/mol. The first-order valence-electron chi connectivity index (χ1n) is 5.01. The van der Waals surface area contributed by atoms with Gasteiger partial charge < -0.3 is 5.32 Å². The van der Waals surface area contributed by atoms with Crippen molar-refractivity contribution >= 4 is 0 Å². The Balaban J connectivity index is 2.47. The lowest BCUT2D eigenvalue weighted by atomic mass is 9.75. The molecule has 1 nitrogen and oxygen atoms in total. The molecule has 0 aliphatic carbocycles. The summed E-state index contributed by atoms with van der Waals surface area (Å²) in [5, 5.41) is 2.59. The first-order chi connectivity index (χ1) is 6.21. The summed E-state index contributed by atoms with van der Waals surface area (Å²) >= 11 is 0. The van der Waals surface area contributed by atoms with Crippen LogP contribution < -0.4 is 5.32 Å². The van der Waals surface area contributed by atoms with Gasteiger partial charge in [-0.25, -0.2) is 0 Å². The third-order valence-corrected chi connectivity index (χ3v) is 3.03. The van der Waals surface area contributed by atoms with Crippen molar-refractivity contribution in [2.24, 2.45) is 11.3 Å². The highest BCUT2D eigenvalue weighted by atomic mass is 19.4. The van der Waals surface area contributed by atoms with Gasteiger partial charge in [-0.3, -0.25) is 0 Å². The molecule has 14 heavy (non-hydrogen) atoms. The highest BCUT2D eigenvalue weighted by molar-refractivity contribution is 4.87. The van der Waals surface area contributed by atoms with Crippen LogP contribution in [0.2, 0.25) is 0 Å². The van der Waals surface area contributed by atoms with Crippen molar-refractivity contribution in [3.05, 3.63) is 0 Å². The molecule has 2 atom stereocenters. The van der Waals surface area contributed by atoms with Crippen LogP contribution in [0.4, 0.5) is 13.2 Å². The van der Waals surface area contributed by atoms with Crippen LogP contribution in [0.3, 0.4) is 0 Å². The smallest absolute Gasteiger partial charge is 0.306 e. The van der Waals surface area contributed by atoms with E-state index in [0.717, 1.165) is 0 Å². The lowest BCUT2D eigenvalue weighted by molar-refractivity contribution is -0.163. The van der Waals surface area contributed by atoms with Gasteiger partial charge in [-0.15, -0.1) is 0 Å². The van der Waals surface area contributed by atoms with E-state index in [1.165, 1.54) is 0 Å². The second-order valence-corrected chi connectivity index (χ2v) is 5.14. The Morgan fingerprint density at radius 3 is 1.93 bits per heavy atom. The molecule has 1 rings (SSSR count). The van der Waals surface area contributed by atoms with E-state index in [0.29, 0.717) is 18.9 Å². The molecule has 0 aromatic carbocycles. The molecule has 4 heteroatoms. The van der Waals surface area contributed by atoms with Gasteiger partial charge in [-0.2, -0.15) is 13.2 Å². The molecule has 0 aromatic heterocycles. The normalized spacial score (nSPS) is 30.4. The molecule has 0 aromatic rings. The molecule has 0 saturated carbocycles. The van der Waals surface area contributed by atoms with Gasteiger partial charge in [0, 0.05) is 0 Å². The summed E-state index contributed by atoms with van der Waals surface area (Å²) in [5.74, 6) is 0.348. The van der Waals surface area contributed by atoms with E-state index in [1.54, 1.807) is 0 Å². The molecule has 1 fully saturated rings. The Bertz CT molecular complexity index is 163. The molecule has 1 aliphatic rings. The summed E-state index contributed by atoms with van der Waals surface area (Å²) in [5.41, 5.74) is 0.101. The zero-order valence-corrected chi connectivity index (χ0v) is 8.91. The highest BCUT2D eigenvalue weighted by Crippen LogP contribution is 2.35. The fourth-order valence-corrected chi connectivity index (χ4v) is 1.88. The van der Waals surface area contributed by atoms with Crippen LogP contribution in [0.15, 0.2) is 0 Å². The van der Waals surface area contributed by atoms with Crippen molar-refractivity contribution in [1.29, 1.82) is 0 Å². The summed E-state index contributed by atoms with van der Waals surface area (Å²) in [6.07, 6.45) is -3.20. The SMILES string of the molecule is CC(C)(C)C1CCC(C(F)(F)F)NC1. The number of hydrogen-bond donors (Lipinski definition) is 1. The molecule has 1 N–H and O–H groups in total. The van der Waals surface area contributed by atoms with Crippen molar-refractivity contribution in [3.63, 3.8) is 0 Å². The summed E-state index contributed by atoms with van der Waals surface area (Å²) in [6, 6.07) is -1.29. The summed E-state index contributed by atoms with van der Waals surface area (Å²) < 4.78 is 36.9. The summed E-state index contributed by atoms with van der Waals surface area (Å²) in [4.78, 5) is 0. The van der Waals surface area contributed by atoms with Crippen LogP contribution in [-0.2, 0) is 0 Å². The second-order valence-electron chi connectivity index (χ2n) is 5.14. The lowest BCUT2D eigenvalue weighted by Crippen LogP contribution is -2.50. The van der Waals surface area contributed by atoms with Crippen LogP contribution in [0.1, 0.15) is 33.6 Å². The zero-order valence-electron chi connectivity index (χ0n) is 8.91. The van der Waals surface area contributed by atoms with Crippen molar-refractivity contribution < 1.29 is 13.2 Å². The summed E-state index contributed by atoms with van der Waals surface area (Å²) in [7, 11) is 0. The minimum absolute atomic E-state index is 0.101. The number of alkyl halides is 3. The van der Waals surface area contributed by atoms with Crippen LogP contribution in [-0.4, -0.2) is 18.8 Å². The maximum absolute atomic E-state index is 12.3. The van der Waals surface area contributed by atoms with E-state index < -0.39 is 12.2 Å². The molecular weight excluding hydrogens is 191 g/mol. The van der Waals surface area contributed by atoms with E-state index in [4.69, 9.17) is 0 Å². The predicted molar refractivity (Wildman–Crippen MR) is 50.0 cm³/mol. The van der Waals surface area contributed by atoms with Gasteiger partial charge >= 0.3 is 6.18 Å². The first-order valence-corrected chi connectivity index (χ1v) is 5.01. The molecule has 1 heterocycles. The van der Waals surface area contributed by atoms with E-state index in [-0.39, 0.29) is 11.8 Å². The maximum Gasteiger partial charge on any atom is 0.403 e. The van der Waals surface area contributed by atoms with Gasteiger partial charge in [0.25, 0.3) is 0 Å². The molecule has 1 saturated heterocycles. The van der Waals surface area contributed by atoms with Crippen molar-refractivity contribution in [2.45, 2.75) is 45.8 Å². The highest BCUT2D eigenvalue weighted by Gasteiger charge is 2.42. The van der Waals surface area contributed by atoms with Gasteiger partial charge in [0.2, 0.25) is 0 Å². The van der Waals surface area contributed by atoms with Gasteiger partial charge in [0.05, 0.1) is 0 Å². The van der Waals surface area contributed by atoms with Crippen molar-refractivity contribution in [3.8, 4) is 0 Å². The fraction of sp³-hybridized carbons (Fsp3) is 1.00. The zero-order chi connectivity index (χ0) is 11.0. The standard InChI is InChI=1S/C10H18F3N/c1-9(2,3)7-4-5-8(14-6-7)10(11,12)13/h7-8,14H,4-6H2,1-3H3. The average Bonchev–Trinajstić information content (AvgIpc) is 2.01. The first kappa shape index (κ1) is 11.8. The van der Waals surface area contributed by atoms with Crippen LogP contribution in [0, 0.1) is 11.3 Å². The van der Waals surface area contributed by atoms with Gasteiger partial charge in [-0.05, 0) is 30.7 Å². The molecule has 2 unspecified atom stereocenters. The van der Waals surface area contributed by atoms with E-state index in [9.17, 15) is 13.2 Å². The second kappa shape index (κ2) is 3.72. The molecule has 0 spiro atoms.